The van der Waals surface area contributed by atoms with Crippen LogP contribution in [0.15, 0.2) is 42.7 Å². The zero-order chi connectivity index (χ0) is 18.8. The van der Waals surface area contributed by atoms with Crippen molar-refractivity contribution in [2.45, 2.75) is 18.9 Å². The van der Waals surface area contributed by atoms with Crippen molar-refractivity contribution < 1.29 is 9.13 Å². The second-order valence-corrected chi connectivity index (χ2v) is 7.05. The number of fused-ring (bicyclic) bond motifs is 1. The number of benzene rings is 2. The lowest BCUT2D eigenvalue weighted by molar-refractivity contribution is 0.261. The van der Waals surface area contributed by atoms with Crippen LogP contribution in [-0.4, -0.2) is 48.2 Å². The summed E-state index contributed by atoms with van der Waals surface area (Å²) in [5.74, 6) is 1.24. The highest BCUT2D eigenvalue weighted by Gasteiger charge is 2.19. The molecular weight excluding hydrogens is 343 g/mol. The number of methoxy groups -OCH3 is 1. The minimum atomic E-state index is -0.251. The molecule has 0 amide bonds. The third kappa shape index (κ3) is 3.71. The van der Waals surface area contributed by atoms with Crippen molar-refractivity contribution in [3.8, 4) is 16.9 Å². The summed E-state index contributed by atoms with van der Waals surface area (Å²) in [5, 5.41) is 4.49. The van der Waals surface area contributed by atoms with Crippen LogP contribution in [0.2, 0.25) is 0 Å². The molecule has 0 radical (unpaired) electrons. The van der Waals surface area contributed by atoms with Gasteiger partial charge in [-0.25, -0.2) is 14.4 Å². The van der Waals surface area contributed by atoms with Crippen LogP contribution < -0.4 is 10.1 Å². The molecule has 27 heavy (non-hydrogen) atoms. The molecule has 2 aromatic carbocycles. The SMILES string of the molecule is COc1cc(-c2ccc(F)cc2)cc2c(NC3CCCN(C)C3)ncnc12. The van der Waals surface area contributed by atoms with Crippen molar-refractivity contribution in [3.63, 3.8) is 0 Å². The maximum Gasteiger partial charge on any atom is 0.145 e. The number of hydrogen-bond acceptors (Lipinski definition) is 5. The van der Waals surface area contributed by atoms with E-state index in [0.29, 0.717) is 11.8 Å². The molecule has 6 heteroatoms. The third-order valence-corrected chi connectivity index (χ3v) is 5.07. The van der Waals surface area contributed by atoms with Gasteiger partial charge in [0, 0.05) is 18.0 Å². The summed E-state index contributed by atoms with van der Waals surface area (Å²) in [6.45, 7) is 2.12. The van der Waals surface area contributed by atoms with Gasteiger partial charge in [-0.3, -0.25) is 0 Å². The van der Waals surface area contributed by atoms with Gasteiger partial charge in [-0.05, 0) is 61.8 Å². The first kappa shape index (κ1) is 17.7. The summed E-state index contributed by atoms with van der Waals surface area (Å²) in [6, 6.07) is 10.8. The van der Waals surface area contributed by atoms with Crippen LogP contribution in [0.1, 0.15) is 12.8 Å². The van der Waals surface area contributed by atoms with Gasteiger partial charge < -0.3 is 15.0 Å². The average molecular weight is 366 g/mol. The molecule has 2 heterocycles. The molecule has 0 aliphatic carbocycles. The standard InChI is InChI=1S/C21H23FN4O/c1-26-9-3-4-17(12-26)25-21-18-10-15(14-5-7-16(22)8-6-14)11-19(27-2)20(18)23-13-24-21/h5-8,10-11,13,17H,3-4,9,12H2,1-2H3,(H,23,24,25). The van der Waals surface area contributed by atoms with Crippen LogP contribution in [0.5, 0.6) is 5.75 Å². The second-order valence-electron chi connectivity index (χ2n) is 7.05. The normalized spacial score (nSPS) is 17.8. The van der Waals surface area contributed by atoms with Gasteiger partial charge in [0.1, 0.15) is 29.2 Å². The number of anilines is 1. The molecule has 1 fully saturated rings. The summed E-state index contributed by atoms with van der Waals surface area (Å²) in [5.41, 5.74) is 2.63. The zero-order valence-electron chi connectivity index (χ0n) is 15.6. The molecule has 3 aromatic rings. The Bertz CT molecular complexity index is 945. The molecule has 1 saturated heterocycles. The number of nitrogens with zero attached hydrogens (tertiary/aromatic N) is 3. The molecule has 5 nitrogen and oxygen atoms in total. The molecule has 4 rings (SSSR count). The smallest absolute Gasteiger partial charge is 0.145 e. The number of hydrogen-bond donors (Lipinski definition) is 1. The Morgan fingerprint density at radius 3 is 2.70 bits per heavy atom. The number of nitrogens with one attached hydrogen (secondary N) is 1. The molecular formula is C21H23FN4O. The van der Waals surface area contributed by atoms with Gasteiger partial charge in [-0.1, -0.05) is 12.1 Å². The molecule has 1 atom stereocenters. The van der Waals surface area contributed by atoms with E-state index in [4.69, 9.17) is 4.74 Å². The maximum absolute atomic E-state index is 13.3. The fourth-order valence-corrected chi connectivity index (χ4v) is 3.69. The highest BCUT2D eigenvalue weighted by Crippen LogP contribution is 2.34. The number of likely N-dealkylation sites (N-methyl/N-ethyl adjacent to an activating group) is 1. The molecule has 1 aliphatic rings. The van der Waals surface area contributed by atoms with Crippen LogP contribution in [0.25, 0.3) is 22.0 Å². The number of ether oxygens (including phenoxy) is 1. The van der Waals surface area contributed by atoms with Gasteiger partial charge >= 0.3 is 0 Å². The van der Waals surface area contributed by atoms with Gasteiger partial charge in [0.05, 0.1) is 7.11 Å². The van der Waals surface area contributed by atoms with Crippen molar-refractivity contribution in [1.82, 2.24) is 14.9 Å². The predicted octanol–water partition coefficient (Wildman–Crippen LogP) is 3.95. The summed E-state index contributed by atoms with van der Waals surface area (Å²) >= 11 is 0. The lowest BCUT2D eigenvalue weighted by Gasteiger charge is -2.30. The molecule has 0 spiro atoms. The average Bonchev–Trinajstić information content (AvgIpc) is 2.68. The zero-order valence-corrected chi connectivity index (χ0v) is 15.6. The van der Waals surface area contributed by atoms with Gasteiger partial charge in [0.15, 0.2) is 0 Å². The monoisotopic (exact) mass is 366 g/mol. The first-order valence-electron chi connectivity index (χ1n) is 9.18. The molecule has 0 saturated carbocycles. The predicted molar refractivity (Wildman–Crippen MR) is 106 cm³/mol. The Kier molecular flexibility index (Phi) is 4.90. The van der Waals surface area contributed by atoms with E-state index in [0.717, 1.165) is 47.4 Å². The summed E-state index contributed by atoms with van der Waals surface area (Å²) in [6.07, 6.45) is 3.85. The van der Waals surface area contributed by atoms with Crippen LogP contribution in [0.3, 0.4) is 0 Å². The van der Waals surface area contributed by atoms with Crippen molar-refractivity contribution in [2.75, 3.05) is 32.6 Å². The lowest BCUT2D eigenvalue weighted by Crippen LogP contribution is -2.39. The fraction of sp³-hybridized carbons (Fsp3) is 0.333. The summed E-state index contributed by atoms with van der Waals surface area (Å²) < 4.78 is 18.9. The Labute approximate surface area is 158 Å². The van der Waals surface area contributed by atoms with Gasteiger partial charge in [0.25, 0.3) is 0 Å². The van der Waals surface area contributed by atoms with Crippen molar-refractivity contribution in [1.29, 1.82) is 0 Å². The highest BCUT2D eigenvalue weighted by atomic mass is 19.1. The number of piperidine rings is 1. The molecule has 1 aromatic heterocycles. The van der Waals surface area contributed by atoms with Crippen LogP contribution >= 0.6 is 0 Å². The van der Waals surface area contributed by atoms with Gasteiger partial charge in [0.2, 0.25) is 0 Å². The van der Waals surface area contributed by atoms with E-state index >= 15 is 0 Å². The number of aromatic nitrogens is 2. The Morgan fingerprint density at radius 1 is 1.15 bits per heavy atom. The molecule has 0 bridgehead atoms. The second kappa shape index (κ2) is 7.48. The molecule has 1 unspecified atom stereocenters. The van der Waals surface area contributed by atoms with Crippen LogP contribution in [0, 0.1) is 5.82 Å². The number of likely N-dealkylation sites (tertiary alicyclic amines) is 1. The molecule has 1 aliphatic heterocycles. The quantitative estimate of drug-likeness (QED) is 0.758. The summed E-state index contributed by atoms with van der Waals surface area (Å²) in [7, 11) is 3.77. The van der Waals surface area contributed by atoms with E-state index < -0.39 is 0 Å². The Morgan fingerprint density at radius 2 is 1.96 bits per heavy atom. The largest absolute Gasteiger partial charge is 0.494 e. The highest BCUT2D eigenvalue weighted by molar-refractivity contribution is 5.96. The van der Waals surface area contributed by atoms with Crippen molar-refractivity contribution in [3.05, 3.63) is 48.5 Å². The van der Waals surface area contributed by atoms with Crippen LogP contribution in [0.4, 0.5) is 10.2 Å². The first-order chi connectivity index (χ1) is 13.1. The van der Waals surface area contributed by atoms with Crippen molar-refractivity contribution >= 4 is 16.7 Å². The van der Waals surface area contributed by atoms with E-state index in [1.54, 1.807) is 25.6 Å². The maximum atomic E-state index is 13.3. The minimum absolute atomic E-state index is 0.251. The third-order valence-electron chi connectivity index (χ3n) is 5.07. The molecule has 1 N–H and O–H groups in total. The van der Waals surface area contributed by atoms with Crippen LogP contribution in [-0.2, 0) is 0 Å². The van der Waals surface area contributed by atoms with E-state index in [2.05, 4.69) is 27.2 Å². The van der Waals surface area contributed by atoms with Gasteiger partial charge in [-0.15, -0.1) is 0 Å². The molecule has 140 valence electrons. The first-order valence-corrected chi connectivity index (χ1v) is 9.18. The topological polar surface area (TPSA) is 50.3 Å². The number of rotatable bonds is 4. The number of halogens is 1. The van der Waals surface area contributed by atoms with E-state index in [9.17, 15) is 4.39 Å². The van der Waals surface area contributed by atoms with Crippen molar-refractivity contribution in [2.24, 2.45) is 0 Å². The minimum Gasteiger partial charge on any atom is -0.494 e. The van der Waals surface area contributed by atoms with Gasteiger partial charge in [-0.2, -0.15) is 0 Å². The van der Waals surface area contributed by atoms with E-state index in [1.165, 1.54) is 18.6 Å². The summed E-state index contributed by atoms with van der Waals surface area (Å²) in [4.78, 5) is 11.2. The Hall–Kier alpha value is -2.73. The Balaban J connectivity index is 1.77. The fourth-order valence-electron chi connectivity index (χ4n) is 3.69. The van der Waals surface area contributed by atoms with E-state index in [1.807, 2.05) is 12.1 Å². The lowest BCUT2D eigenvalue weighted by atomic mass is 10.0. The van der Waals surface area contributed by atoms with E-state index in [-0.39, 0.29) is 5.82 Å².